The fourth-order valence-electron chi connectivity index (χ4n) is 4.63. The molecule has 2 aromatic heterocycles. The number of rotatable bonds is 7. The van der Waals surface area contributed by atoms with Gasteiger partial charge in [-0.3, -0.25) is 14.6 Å². The maximum absolute atomic E-state index is 12.6. The summed E-state index contributed by atoms with van der Waals surface area (Å²) >= 11 is 0. The largest absolute Gasteiger partial charge is 0.368 e. The number of carbonyl (C=O) groups excluding carboxylic acids is 2. The monoisotopic (exact) mass is 516 g/mol. The minimum absolute atomic E-state index is 0.0362. The first-order chi connectivity index (χ1) is 18.1. The van der Waals surface area contributed by atoms with E-state index in [1.807, 2.05) is 53.1 Å². The van der Waals surface area contributed by atoms with Gasteiger partial charge in [0.15, 0.2) is 5.82 Å². The highest BCUT2D eigenvalue weighted by Crippen LogP contribution is 2.33. The van der Waals surface area contributed by atoms with E-state index in [0.717, 1.165) is 53.9 Å². The summed E-state index contributed by atoms with van der Waals surface area (Å²) in [4.78, 5) is 37.4. The van der Waals surface area contributed by atoms with Crippen LogP contribution in [-0.2, 0) is 16.8 Å². The van der Waals surface area contributed by atoms with Crippen molar-refractivity contribution in [1.29, 1.82) is 0 Å². The second-order valence-electron chi connectivity index (χ2n) is 10.8. The number of anilines is 1. The van der Waals surface area contributed by atoms with E-state index < -0.39 is 5.91 Å². The SMILES string of the molecule is C=CC(=O)N(C)C1CCCN(c2cnccc2-c2ccc(CNC(=O)c3nc(C(C)(C)C)no3)c(C)c2)C1. The Morgan fingerprint density at radius 1 is 1.29 bits per heavy atom. The number of hydrogen-bond donors (Lipinski definition) is 1. The topological polar surface area (TPSA) is 104 Å². The Hall–Kier alpha value is -4.01. The molecule has 3 heterocycles. The Kier molecular flexibility index (Phi) is 7.94. The number of benzene rings is 1. The van der Waals surface area contributed by atoms with E-state index in [2.05, 4.69) is 44.1 Å². The lowest BCUT2D eigenvalue weighted by Gasteiger charge is -2.39. The molecule has 1 unspecified atom stereocenters. The van der Waals surface area contributed by atoms with Crippen LogP contribution in [0.3, 0.4) is 0 Å². The first-order valence-corrected chi connectivity index (χ1v) is 12.9. The zero-order valence-electron chi connectivity index (χ0n) is 22.8. The molecule has 2 amide bonds. The van der Waals surface area contributed by atoms with Gasteiger partial charge in [0.05, 0.1) is 11.9 Å². The Labute approximate surface area is 223 Å². The van der Waals surface area contributed by atoms with E-state index in [0.29, 0.717) is 12.4 Å². The van der Waals surface area contributed by atoms with Crippen LogP contribution < -0.4 is 10.2 Å². The van der Waals surface area contributed by atoms with Crippen molar-refractivity contribution in [3.8, 4) is 11.1 Å². The van der Waals surface area contributed by atoms with Crippen molar-refractivity contribution in [1.82, 2.24) is 25.3 Å². The molecule has 1 fully saturated rings. The summed E-state index contributed by atoms with van der Waals surface area (Å²) in [7, 11) is 1.84. The number of amides is 2. The summed E-state index contributed by atoms with van der Waals surface area (Å²) in [6.45, 7) is 13.5. The normalized spacial score (nSPS) is 15.7. The molecule has 1 aliphatic heterocycles. The van der Waals surface area contributed by atoms with Crippen molar-refractivity contribution in [2.75, 3.05) is 25.0 Å². The number of nitrogens with zero attached hydrogens (tertiary/aromatic N) is 5. The summed E-state index contributed by atoms with van der Waals surface area (Å²) in [6, 6.07) is 8.36. The Morgan fingerprint density at radius 3 is 2.76 bits per heavy atom. The van der Waals surface area contributed by atoms with Crippen LogP contribution >= 0.6 is 0 Å². The highest BCUT2D eigenvalue weighted by molar-refractivity contribution is 5.89. The second-order valence-corrected chi connectivity index (χ2v) is 10.8. The van der Waals surface area contributed by atoms with Gasteiger partial charge in [-0.05, 0) is 48.6 Å². The highest BCUT2D eigenvalue weighted by atomic mass is 16.5. The van der Waals surface area contributed by atoms with Gasteiger partial charge in [0.2, 0.25) is 5.91 Å². The molecule has 1 saturated heterocycles. The number of pyridine rings is 1. The van der Waals surface area contributed by atoms with Crippen LogP contribution in [-0.4, -0.2) is 58.0 Å². The summed E-state index contributed by atoms with van der Waals surface area (Å²) in [5.74, 6) is 0.00367. The third kappa shape index (κ3) is 5.93. The fourth-order valence-corrected chi connectivity index (χ4v) is 4.63. The quantitative estimate of drug-likeness (QED) is 0.467. The molecule has 0 radical (unpaired) electrons. The third-order valence-corrected chi connectivity index (χ3v) is 6.99. The van der Waals surface area contributed by atoms with Crippen LogP contribution in [0.1, 0.15) is 61.2 Å². The maximum Gasteiger partial charge on any atom is 0.315 e. The van der Waals surface area contributed by atoms with Gasteiger partial charge in [-0.1, -0.05) is 50.7 Å². The van der Waals surface area contributed by atoms with Crippen LogP contribution in [0, 0.1) is 6.92 Å². The van der Waals surface area contributed by atoms with Crippen molar-refractivity contribution in [2.45, 2.75) is 58.5 Å². The summed E-state index contributed by atoms with van der Waals surface area (Å²) in [6.07, 6.45) is 7.01. The smallest absolute Gasteiger partial charge is 0.315 e. The first-order valence-electron chi connectivity index (χ1n) is 12.9. The molecule has 200 valence electrons. The number of carbonyl (C=O) groups is 2. The van der Waals surface area contributed by atoms with Crippen LogP contribution in [0.25, 0.3) is 11.1 Å². The molecule has 9 heteroatoms. The van der Waals surface area contributed by atoms with E-state index >= 15 is 0 Å². The molecule has 1 aromatic carbocycles. The summed E-state index contributed by atoms with van der Waals surface area (Å²) < 4.78 is 5.15. The minimum Gasteiger partial charge on any atom is -0.368 e. The fraction of sp³-hybridized carbons (Fsp3) is 0.414. The number of piperidine rings is 1. The summed E-state index contributed by atoms with van der Waals surface area (Å²) in [5, 5.41) is 6.80. The lowest BCUT2D eigenvalue weighted by molar-refractivity contribution is -0.126. The number of aromatic nitrogens is 3. The zero-order chi connectivity index (χ0) is 27.4. The summed E-state index contributed by atoms with van der Waals surface area (Å²) in [5.41, 5.74) is 4.95. The van der Waals surface area contributed by atoms with Gasteiger partial charge < -0.3 is 19.6 Å². The molecule has 0 bridgehead atoms. The Morgan fingerprint density at radius 2 is 2.08 bits per heavy atom. The van der Waals surface area contributed by atoms with Crippen molar-refractivity contribution in [3.05, 3.63) is 72.2 Å². The predicted octanol–water partition coefficient (Wildman–Crippen LogP) is 4.28. The average molecular weight is 517 g/mol. The predicted molar refractivity (Wildman–Crippen MR) is 147 cm³/mol. The van der Waals surface area contributed by atoms with Crippen molar-refractivity contribution < 1.29 is 14.1 Å². The van der Waals surface area contributed by atoms with Crippen LogP contribution in [0.2, 0.25) is 0 Å². The number of aryl methyl sites for hydroxylation is 1. The zero-order valence-corrected chi connectivity index (χ0v) is 22.8. The molecule has 0 spiro atoms. The van der Waals surface area contributed by atoms with E-state index in [-0.39, 0.29) is 23.3 Å². The minimum atomic E-state index is -0.396. The molecule has 38 heavy (non-hydrogen) atoms. The van der Waals surface area contributed by atoms with Gasteiger partial charge in [-0.15, -0.1) is 0 Å². The van der Waals surface area contributed by atoms with Crippen LogP contribution in [0.4, 0.5) is 5.69 Å². The number of hydrogen-bond acceptors (Lipinski definition) is 7. The molecular formula is C29H36N6O3. The Bertz CT molecular complexity index is 1330. The van der Waals surface area contributed by atoms with Crippen LogP contribution in [0.15, 0.2) is 53.8 Å². The van der Waals surface area contributed by atoms with Gasteiger partial charge >= 0.3 is 11.8 Å². The third-order valence-electron chi connectivity index (χ3n) is 6.99. The molecule has 1 aliphatic rings. The van der Waals surface area contributed by atoms with Crippen molar-refractivity contribution >= 4 is 17.5 Å². The number of nitrogens with one attached hydrogen (secondary N) is 1. The van der Waals surface area contributed by atoms with Crippen molar-refractivity contribution in [3.63, 3.8) is 0 Å². The van der Waals surface area contributed by atoms with Crippen molar-refractivity contribution in [2.24, 2.45) is 0 Å². The standard InChI is InChI=1S/C29H36N6O3/c1-7-25(36)34(6)22-9-8-14-35(18-22)24-17-30-13-12-23(24)20-10-11-21(19(2)15-20)16-31-26(37)27-32-28(33-38-27)29(3,4)5/h7,10-13,15,17,22H,1,8-9,14,16,18H2,2-6H3,(H,31,37). The molecule has 0 aliphatic carbocycles. The van der Waals surface area contributed by atoms with E-state index in [4.69, 9.17) is 4.52 Å². The molecular weight excluding hydrogens is 480 g/mol. The van der Waals surface area contributed by atoms with Crippen LogP contribution in [0.5, 0.6) is 0 Å². The van der Waals surface area contributed by atoms with E-state index in [1.165, 1.54) is 6.08 Å². The maximum atomic E-state index is 12.6. The molecule has 1 atom stereocenters. The van der Waals surface area contributed by atoms with Gasteiger partial charge in [0, 0.05) is 49.9 Å². The van der Waals surface area contributed by atoms with Gasteiger partial charge in [0.1, 0.15) is 0 Å². The van der Waals surface area contributed by atoms with Gasteiger partial charge in [0.25, 0.3) is 0 Å². The van der Waals surface area contributed by atoms with Gasteiger partial charge in [-0.2, -0.15) is 4.98 Å². The van der Waals surface area contributed by atoms with Gasteiger partial charge in [-0.25, -0.2) is 0 Å². The molecule has 0 saturated carbocycles. The molecule has 4 rings (SSSR count). The molecule has 1 N–H and O–H groups in total. The Balaban J connectivity index is 1.48. The average Bonchev–Trinajstić information content (AvgIpc) is 3.43. The second kappa shape index (κ2) is 11.2. The molecule has 3 aromatic rings. The highest BCUT2D eigenvalue weighted by Gasteiger charge is 2.27. The molecule has 9 nitrogen and oxygen atoms in total. The number of likely N-dealkylation sites (N-methyl/N-ethyl adjacent to an activating group) is 1. The van der Waals surface area contributed by atoms with E-state index in [9.17, 15) is 9.59 Å². The van der Waals surface area contributed by atoms with E-state index in [1.54, 1.807) is 11.1 Å². The lowest BCUT2D eigenvalue weighted by atomic mass is 9.96. The first kappa shape index (κ1) is 27.0. The lowest BCUT2D eigenvalue weighted by Crippen LogP contribution is -2.48.